The normalized spacial score (nSPS) is 12.0. The number of hydrogen-bond donors (Lipinski definition) is 0. The number of fused-ring (bicyclic) bond motifs is 8. The fraction of sp³-hybridized carbons (Fsp3) is 0. The topological polar surface area (TPSA) is 182 Å². The Morgan fingerprint density at radius 1 is 0.634 bits per heavy atom. The van der Waals surface area contributed by atoms with Crippen LogP contribution in [-0.2, 0) is 0 Å². The maximum absolute atomic E-state index is 10.9. The van der Waals surface area contributed by atoms with Gasteiger partial charge < -0.3 is 18.9 Å². The van der Waals surface area contributed by atoms with Crippen molar-refractivity contribution in [2.24, 2.45) is 10.2 Å². The summed E-state index contributed by atoms with van der Waals surface area (Å²) < 4.78 is 23.1. The SMILES string of the molecule is O=[N+]([O-])c1ccc(N=Nc2ccc3cc2Oc2nc(Cl)nc(n2)Oc2cccc(c2)Oc2nc(Cl)nc(n2)O3)cc1. The number of nitro groups is 1. The number of non-ortho nitro benzene ring substituents is 1. The Kier molecular flexibility index (Phi) is 6.85. The van der Waals surface area contributed by atoms with Crippen molar-refractivity contribution < 1.29 is 23.9 Å². The number of azo groups is 1. The fourth-order valence-corrected chi connectivity index (χ4v) is 3.59. The van der Waals surface area contributed by atoms with Crippen molar-refractivity contribution in [1.29, 1.82) is 0 Å². The van der Waals surface area contributed by atoms with E-state index in [1.807, 2.05) is 0 Å². The van der Waals surface area contributed by atoms with Crippen LogP contribution in [0.3, 0.4) is 0 Å². The molecule has 5 aromatic rings. The highest BCUT2D eigenvalue weighted by Gasteiger charge is 2.17. The molecule has 202 valence electrons. The van der Waals surface area contributed by atoms with E-state index in [4.69, 9.17) is 42.1 Å². The summed E-state index contributed by atoms with van der Waals surface area (Å²) in [5, 5.41) is 18.9. The summed E-state index contributed by atoms with van der Waals surface area (Å²) in [5.74, 6) is 0.879. The number of hydrogen-bond acceptors (Lipinski definition) is 14. The summed E-state index contributed by atoms with van der Waals surface area (Å²) in [4.78, 5) is 34.6. The molecule has 0 aliphatic carbocycles. The van der Waals surface area contributed by atoms with Gasteiger partial charge in [-0.25, -0.2) is 0 Å². The molecule has 15 nitrogen and oxygen atoms in total. The molecule has 8 bridgehead atoms. The standard InChI is InChI=1S/C24H11Cl2N9O6/c25-19-27-21-31-22(28-19)40-16-8-9-17(34-33-12-4-6-13(7-5-12)35(36)37)18(11-16)41-24-30-20(26)29-23(32-24)39-15-3-1-2-14(10-15)38-21/h1-11H. The van der Waals surface area contributed by atoms with E-state index in [0.717, 1.165) is 0 Å². The van der Waals surface area contributed by atoms with E-state index in [0.29, 0.717) is 17.2 Å². The van der Waals surface area contributed by atoms with Crippen molar-refractivity contribution in [1.82, 2.24) is 29.9 Å². The Labute approximate surface area is 238 Å². The van der Waals surface area contributed by atoms with Crippen LogP contribution in [0.1, 0.15) is 0 Å². The number of nitrogens with zero attached hydrogens (tertiary/aromatic N) is 9. The number of rotatable bonds is 3. The van der Waals surface area contributed by atoms with Gasteiger partial charge in [-0.15, -0.1) is 15.1 Å². The summed E-state index contributed by atoms with van der Waals surface area (Å²) >= 11 is 12.2. The lowest BCUT2D eigenvalue weighted by molar-refractivity contribution is -0.384. The molecule has 3 aromatic carbocycles. The van der Waals surface area contributed by atoms with Crippen LogP contribution in [0.2, 0.25) is 10.6 Å². The first-order valence-electron chi connectivity index (χ1n) is 11.3. The second kappa shape index (κ2) is 10.9. The molecule has 17 heteroatoms. The Morgan fingerprint density at radius 3 is 1.73 bits per heavy atom. The molecule has 41 heavy (non-hydrogen) atoms. The summed E-state index contributed by atoms with van der Waals surface area (Å²) in [6.07, 6.45) is 0. The Balaban J connectivity index is 1.42. The number of halogens is 2. The van der Waals surface area contributed by atoms with Crippen molar-refractivity contribution in [2.45, 2.75) is 0 Å². The van der Waals surface area contributed by atoms with E-state index < -0.39 is 4.92 Å². The van der Waals surface area contributed by atoms with Crippen LogP contribution in [0.4, 0.5) is 17.1 Å². The molecule has 0 saturated carbocycles. The van der Waals surface area contributed by atoms with Crippen LogP contribution < -0.4 is 18.9 Å². The predicted molar refractivity (Wildman–Crippen MR) is 140 cm³/mol. The van der Waals surface area contributed by atoms with Gasteiger partial charge in [0.25, 0.3) is 5.69 Å². The summed E-state index contributed by atoms with van der Waals surface area (Å²) in [5.41, 5.74) is 0.476. The molecule has 0 N–H and O–H groups in total. The van der Waals surface area contributed by atoms with Crippen LogP contribution in [0.5, 0.6) is 47.0 Å². The molecular weight excluding hydrogens is 581 g/mol. The van der Waals surface area contributed by atoms with Crippen molar-refractivity contribution in [3.63, 3.8) is 0 Å². The van der Waals surface area contributed by atoms with E-state index >= 15 is 0 Å². The Hall–Kier alpha value is -5.54. The molecular formula is C24H11Cl2N9O6. The van der Waals surface area contributed by atoms with Gasteiger partial charge in [-0.05, 0) is 59.6 Å². The first-order chi connectivity index (χ1) is 19.9. The second-order valence-electron chi connectivity index (χ2n) is 7.83. The highest BCUT2D eigenvalue weighted by atomic mass is 35.5. The molecule has 0 fully saturated rings. The van der Waals surface area contributed by atoms with Crippen molar-refractivity contribution in [3.8, 4) is 47.0 Å². The maximum atomic E-state index is 10.9. The van der Waals surface area contributed by atoms with Crippen LogP contribution in [-0.4, -0.2) is 34.8 Å². The number of ether oxygens (including phenoxy) is 4. The van der Waals surface area contributed by atoms with E-state index in [1.54, 1.807) is 18.2 Å². The smallest absolute Gasteiger partial charge is 0.329 e. The van der Waals surface area contributed by atoms with E-state index in [2.05, 4.69) is 40.1 Å². The highest BCUT2D eigenvalue weighted by Crippen LogP contribution is 2.38. The third-order valence-corrected chi connectivity index (χ3v) is 5.37. The molecule has 3 heterocycles. The lowest BCUT2D eigenvalue weighted by Crippen LogP contribution is -2.01. The van der Waals surface area contributed by atoms with Gasteiger partial charge in [0.2, 0.25) is 10.6 Å². The van der Waals surface area contributed by atoms with Gasteiger partial charge in [-0.1, -0.05) is 6.07 Å². The van der Waals surface area contributed by atoms with Crippen molar-refractivity contribution >= 4 is 40.3 Å². The van der Waals surface area contributed by atoms with Gasteiger partial charge >= 0.3 is 24.0 Å². The van der Waals surface area contributed by atoms with Crippen molar-refractivity contribution in [3.05, 3.63) is 87.4 Å². The molecule has 0 spiro atoms. The zero-order valence-corrected chi connectivity index (χ0v) is 21.6. The van der Waals surface area contributed by atoms with Gasteiger partial charge in [0.15, 0.2) is 5.75 Å². The first kappa shape index (κ1) is 25.7. The number of benzene rings is 3. The zero-order chi connectivity index (χ0) is 28.3. The summed E-state index contributed by atoms with van der Waals surface area (Å²) in [7, 11) is 0. The van der Waals surface area contributed by atoms with Crippen LogP contribution in [0.25, 0.3) is 0 Å². The van der Waals surface area contributed by atoms with E-state index in [-0.39, 0.29) is 57.5 Å². The van der Waals surface area contributed by atoms with Crippen LogP contribution >= 0.6 is 23.2 Å². The Bertz CT molecular complexity index is 1820. The average molecular weight is 592 g/mol. The predicted octanol–water partition coefficient (Wildman–Crippen LogP) is 7.17. The minimum Gasteiger partial charge on any atom is -0.424 e. The maximum Gasteiger partial charge on any atom is 0.329 e. The third-order valence-electron chi connectivity index (χ3n) is 5.03. The van der Waals surface area contributed by atoms with Gasteiger partial charge in [0.1, 0.15) is 22.9 Å². The largest absolute Gasteiger partial charge is 0.424 e. The quantitative estimate of drug-likeness (QED) is 0.115. The molecule has 2 aromatic heterocycles. The summed E-state index contributed by atoms with van der Waals surface area (Å²) in [6.45, 7) is 0. The van der Waals surface area contributed by atoms with Crippen LogP contribution in [0, 0.1) is 10.1 Å². The van der Waals surface area contributed by atoms with Crippen molar-refractivity contribution in [2.75, 3.05) is 0 Å². The molecule has 0 unspecified atom stereocenters. The minimum atomic E-state index is -0.516. The average Bonchev–Trinajstić information content (AvgIpc) is 2.92. The van der Waals surface area contributed by atoms with Crippen LogP contribution in [0.15, 0.2) is 77.0 Å². The molecule has 0 radical (unpaired) electrons. The van der Waals surface area contributed by atoms with Gasteiger partial charge in [-0.3, -0.25) is 10.1 Å². The zero-order valence-electron chi connectivity index (χ0n) is 20.1. The van der Waals surface area contributed by atoms with Gasteiger partial charge in [-0.2, -0.15) is 25.1 Å². The molecule has 1 aliphatic rings. The minimum absolute atomic E-state index is 0.0760. The summed E-state index contributed by atoms with van der Waals surface area (Å²) in [6, 6.07) is 15.7. The molecule has 0 saturated heterocycles. The highest BCUT2D eigenvalue weighted by molar-refractivity contribution is 6.28. The molecule has 0 atom stereocenters. The first-order valence-corrected chi connectivity index (χ1v) is 12.1. The molecule has 0 amide bonds. The Morgan fingerprint density at radius 2 is 1.17 bits per heavy atom. The number of aromatic nitrogens is 6. The van der Waals surface area contributed by atoms with Gasteiger partial charge in [0, 0.05) is 24.3 Å². The number of nitro benzene ring substituents is 1. The lowest BCUT2D eigenvalue weighted by Gasteiger charge is -2.12. The fourth-order valence-electron chi connectivity index (χ4n) is 3.30. The van der Waals surface area contributed by atoms with Gasteiger partial charge in [0.05, 0.1) is 10.6 Å². The third kappa shape index (κ3) is 6.21. The second-order valence-corrected chi connectivity index (χ2v) is 8.50. The van der Waals surface area contributed by atoms with E-state index in [1.165, 1.54) is 48.5 Å². The molecule has 6 rings (SSSR count). The lowest BCUT2D eigenvalue weighted by atomic mass is 10.3. The van der Waals surface area contributed by atoms with E-state index in [9.17, 15) is 10.1 Å². The monoisotopic (exact) mass is 591 g/mol. The molecule has 1 aliphatic heterocycles.